The summed E-state index contributed by atoms with van der Waals surface area (Å²) < 4.78 is 7.25. The molecule has 148 valence electrons. The number of aromatic nitrogens is 3. The van der Waals surface area contributed by atoms with Crippen LogP contribution in [0.2, 0.25) is 0 Å². The molecule has 2 aromatic heterocycles. The molecule has 4 rings (SSSR count). The van der Waals surface area contributed by atoms with Crippen molar-refractivity contribution in [2.45, 2.75) is 26.2 Å². The van der Waals surface area contributed by atoms with Gasteiger partial charge in [-0.1, -0.05) is 12.5 Å². The first-order valence-electron chi connectivity index (χ1n) is 10.1. The minimum atomic E-state index is 0.842. The van der Waals surface area contributed by atoms with Crippen molar-refractivity contribution in [3.05, 3.63) is 42.2 Å². The molecule has 0 aliphatic carbocycles. The number of fused-ring (bicyclic) bond motifs is 1. The molecule has 3 heterocycles. The average molecular weight is 380 g/mol. The summed E-state index contributed by atoms with van der Waals surface area (Å²) >= 11 is 0. The molecule has 1 aliphatic heterocycles. The maximum Gasteiger partial charge on any atom is 0.165 e. The van der Waals surface area contributed by atoms with E-state index in [2.05, 4.69) is 41.0 Å². The van der Waals surface area contributed by atoms with Crippen molar-refractivity contribution in [1.29, 1.82) is 0 Å². The van der Waals surface area contributed by atoms with Gasteiger partial charge in [-0.25, -0.2) is 9.50 Å². The molecule has 1 aromatic carbocycles. The average Bonchev–Trinajstić information content (AvgIpc) is 3.16. The zero-order valence-corrected chi connectivity index (χ0v) is 17.1. The van der Waals surface area contributed by atoms with E-state index in [1.54, 1.807) is 7.11 Å². The molecule has 6 heteroatoms. The van der Waals surface area contributed by atoms with E-state index in [4.69, 9.17) is 9.72 Å². The van der Waals surface area contributed by atoms with Crippen LogP contribution in [0.4, 0.5) is 5.82 Å². The number of piperidine rings is 1. The summed E-state index contributed by atoms with van der Waals surface area (Å²) in [4.78, 5) is 9.74. The second kappa shape index (κ2) is 8.19. The van der Waals surface area contributed by atoms with E-state index in [-0.39, 0.29) is 0 Å². The lowest BCUT2D eigenvalue weighted by molar-refractivity contribution is 0.234. The molecule has 28 heavy (non-hydrogen) atoms. The van der Waals surface area contributed by atoms with Crippen molar-refractivity contribution in [1.82, 2.24) is 19.5 Å². The highest BCUT2D eigenvalue weighted by atomic mass is 16.5. The van der Waals surface area contributed by atoms with Gasteiger partial charge in [0.2, 0.25) is 0 Å². The smallest absolute Gasteiger partial charge is 0.165 e. The highest BCUT2D eigenvalue weighted by molar-refractivity contribution is 5.80. The number of rotatable bonds is 6. The molecule has 0 radical (unpaired) electrons. The fourth-order valence-corrected chi connectivity index (χ4v) is 3.87. The van der Waals surface area contributed by atoms with E-state index in [0.29, 0.717) is 0 Å². The van der Waals surface area contributed by atoms with E-state index < -0.39 is 0 Å². The number of likely N-dealkylation sites (N-methyl/N-ethyl adjacent to an activating group) is 1. The summed E-state index contributed by atoms with van der Waals surface area (Å²) in [5, 5.41) is 4.50. The Hall–Kier alpha value is -2.60. The van der Waals surface area contributed by atoms with Gasteiger partial charge in [-0.05, 0) is 62.2 Å². The molecule has 0 N–H and O–H groups in total. The van der Waals surface area contributed by atoms with Gasteiger partial charge in [0.15, 0.2) is 5.65 Å². The van der Waals surface area contributed by atoms with Crippen LogP contribution in [0.3, 0.4) is 0 Å². The Kier molecular flexibility index (Phi) is 5.48. The van der Waals surface area contributed by atoms with Gasteiger partial charge < -0.3 is 14.5 Å². The van der Waals surface area contributed by atoms with E-state index >= 15 is 0 Å². The summed E-state index contributed by atoms with van der Waals surface area (Å²) in [5.41, 5.74) is 4.19. The van der Waals surface area contributed by atoms with Gasteiger partial charge >= 0.3 is 0 Å². The zero-order chi connectivity index (χ0) is 19.5. The van der Waals surface area contributed by atoms with E-state index in [9.17, 15) is 0 Å². The zero-order valence-electron chi connectivity index (χ0n) is 17.1. The third-order valence-electron chi connectivity index (χ3n) is 5.68. The Labute approximate surface area is 166 Å². The van der Waals surface area contributed by atoms with Crippen LogP contribution in [-0.4, -0.2) is 59.8 Å². The molecule has 0 unspecified atom stereocenters. The molecule has 3 aromatic rings. The SMILES string of the molecule is COc1ccc(C)c(-c2cnn3ccc(N(C)CCN4CCCCC4)nc23)c1. The van der Waals surface area contributed by atoms with Gasteiger partial charge in [0, 0.05) is 31.9 Å². The topological polar surface area (TPSA) is 45.9 Å². The summed E-state index contributed by atoms with van der Waals surface area (Å²) in [5.74, 6) is 1.82. The lowest BCUT2D eigenvalue weighted by Gasteiger charge is -2.28. The van der Waals surface area contributed by atoms with Crippen molar-refractivity contribution in [2.75, 3.05) is 45.2 Å². The van der Waals surface area contributed by atoms with Crippen LogP contribution in [0.15, 0.2) is 36.7 Å². The van der Waals surface area contributed by atoms with E-state index in [0.717, 1.165) is 41.4 Å². The number of hydrogen-bond acceptors (Lipinski definition) is 5. The Morgan fingerprint density at radius 1 is 1.11 bits per heavy atom. The molecule has 1 saturated heterocycles. The van der Waals surface area contributed by atoms with Crippen LogP contribution in [0, 0.1) is 6.92 Å². The fraction of sp³-hybridized carbons (Fsp3) is 0.455. The van der Waals surface area contributed by atoms with E-state index in [1.165, 1.54) is 37.9 Å². The largest absolute Gasteiger partial charge is 0.497 e. The van der Waals surface area contributed by atoms with Gasteiger partial charge in [-0.2, -0.15) is 5.10 Å². The molecule has 1 aliphatic rings. The number of anilines is 1. The Balaban J connectivity index is 1.59. The second-order valence-corrected chi connectivity index (χ2v) is 7.62. The first-order chi connectivity index (χ1) is 13.7. The van der Waals surface area contributed by atoms with Crippen molar-refractivity contribution < 1.29 is 4.74 Å². The molecule has 0 amide bonds. The van der Waals surface area contributed by atoms with Crippen LogP contribution in [0.25, 0.3) is 16.8 Å². The molecule has 0 saturated carbocycles. The number of hydrogen-bond donors (Lipinski definition) is 0. The Bertz CT molecular complexity index is 945. The Morgan fingerprint density at radius 2 is 1.93 bits per heavy atom. The predicted molar refractivity (Wildman–Crippen MR) is 113 cm³/mol. The summed E-state index contributed by atoms with van der Waals surface area (Å²) in [7, 11) is 3.81. The molecular formula is C22H29N5O. The summed E-state index contributed by atoms with van der Waals surface area (Å²) in [6.07, 6.45) is 7.91. The van der Waals surface area contributed by atoms with Gasteiger partial charge in [-0.3, -0.25) is 0 Å². The second-order valence-electron chi connectivity index (χ2n) is 7.62. The summed E-state index contributed by atoms with van der Waals surface area (Å²) in [6, 6.07) is 8.16. The van der Waals surface area contributed by atoms with Gasteiger partial charge in [-0.15, -0.1) is 0 Å². The van der Waals surface area contributed by atoms with Crippen molar-refractivity contribution in [3.8, 4) is 16.9 Å². The third-order valence-corrected chi connectivity index (χ3v) is 5.68. The van der Waals surface area contributed by atoms with Crippen molar-refractivity contribution >= 4 is 11.5 Å². The minimum absolute atomic E-state index is 0.842. The monoisotopic (exact) mass is 379 g/mol. The predicted octanol–water partition coefficient (Wildman–Crippen LogP) is 3.64. The van der Waals surface area contributed by atoms with Crippen LogP contribution in [0.1, 0.15) is 24.8 Å². The van der Waals surface area contributed by atoms with Crippen molar-refractivity contribution in [3.63, 3.8) is 0 Å². The maximum atomic E-state index is 5.41. The highest BCUT2D eigenvalue weighted by Crippen LogP contribution is 2.30. The van der Waals surface area contributed by atoms with E-state index in [1.807, 2.05) is 29.0 Å². The first kappa shape index (κ1) is 18.7. The molecular weight excluding hydrogens is 350 g/mol. The highest BCUT2D eigenvalue weighted by Gasteiger charge is 2.15. The number of aryl methyl sites for hydroxylation is 1. The lowest BCUT2D eigenvalue weighted by Crippen LogP contribution is -2.36. The molecule has 6 nitrogen and oxygen atoms in total. The number of likely N-dealkylation sites (tertiary alicyclic amines) is 1. The van der Waals surface area contributed by atoms with Crippen LogP contribution >= 0.6 is 0 Å². The molecule has 1 fully saturated rings. The number of benzene rings is 1. The molecule has 0 atom stereocenters. The minimum Gasteiger partial charge on any atom is -0.497 e. The van der Waals surface area contributed by atoms with Crippen LogP contribution < -0.4 is 9.64 Å². The summed E-state index contributed by atoms with van der Waals surface area (Å²) in [6.45, 7) is 6.62. The maximum absolute atomic E-state index is 5.41. The quantitative estimate of drug-likeness (QED) is 0.654. The normalized spacial score (nSPS) is 15.1. The number of nitrogens with zero attached hydrogens (tertiary/aromatic N) is 5. The molecule has 0 spiro atoms. The lowest BCUT2D eigenvalue weighted by atomic mass is 10.0. The van der Waals surface area contributed by atoms with Crippen molar-refractivity contribution in [2.24, 2.45) is 0 Å². The van der Waals surface area contributed by atoms with Crippen LogP contribution in [0.5, 0.6) is 5.75 Å². The third kappa shape index (κ3) is 3.83. The standard InChI is InChI=1S/C22H29N5O/c1-17-7-8-18(28-3)15-19(17)20-16-23-27-12-9-21(24-22(20)27)25(2)13-14-26-10-5-4-6-11-26/h7-9,12,15-16H,4-6,10-11,13-14H2,1-3H3. The van der Waals surface area contributed by atoms with Crippen LogP contribution in [-0.2, 0) is 0 Å². The first-order valence-corrected chi connectivity index (χ1v) is 10.1. The Morgan fingerprint density at radius 3 is 2.71 bits per heavy atom. The van der Waals surface area contributed by atoms with Gasteiger partial charge in [0.05, 0.1) is 13.3 Å². The van der Waals surface area contributed by atoms with Gasteiger partial charge in [0.1, 0.15) is 11.6 Å². The number of ether oxygens (including phenoxy) is 1. The number of methoxy groups -OCH3 is 1. The van der Waals surface area contributed by atoms with Gasteiger partial charge in [0.25, 0.3) is 0 Å². The molecule has 0 bridgehead atoms. The fourth-order valence-electron chi connectivity index (χ4n) is 3.87.